The Bertz CT molecular complexity index is 392. The molecular formula is C15H23NO2S. The monoisotopic (exact) mass is 281 g/mol. The molecule has 1 amide bonds. The Hall–Kier alpha value is -1.00. The Morgan fingerprint density at radius 3 is 2.58 bits per heavy atom. The summed E-state index contributed by atoms with van der Waals surface area (Å²) < 4.78 is 0. The van der Waals surface area contributed by atoms with E-state index in [0.29, 0.717) is 12.3 Å². The first-order valence-corrected chi connectivity index (χ1v) is 7.65. The van der Waals surface area contributed by atoms with Gasteiger partial charge in [-0.15, -0.1) is 11.8 Å². The molecular weight excluding hydrogens is 258 g/mol. The molecule has 0 aliphatic carbocycles. The minimum absolute atomic E-state index is 0.0343. The number of hydrogen-bond acceptors (Lipinski definition) is 3. The Labute approximate surface area is 119 Å². The highest BCUT2D eigenvalue weighted by Crippen LogP contribution is 2.17. The van der Waals surface area contributed by atoms with Crippen LogP contribution in [0.1, 0.15) is 25.8 Å². The fourth-order valence-corrected chi connectivity index (χ4v) is 2.25. The molecule has 1 aromatic rings. The lowest BCUT2D eigenvalue weighted by atomic mass is 10.0. The van der Waals surface area contributed by atoms with E-state index in [2.05, 4.69) is 5.32 Å². The van der Waals surface area contributed by atoms with Crippen LogP contribution in [0.2, 0.25) is 0 Å². The van der Waals surface area contributed by atoms with E-state index in [0.717, 1.165) is 11.3 Å². The highest BCUT2D eigenvalue weighted by molar-refractivity contribution is 8.00. The van der Waals surface area contributed by atoms with Gasteiger partial charge in [-0.2, -0.15) is 0 Å². The lowest BCUT2D eigenvalue weighted by Gasteiger charge is -2.17. The Morgan fingerprint density at radius 1 is 1.37 bits per heavy atom. The molecule has 0 fully saturated rings. The number of carbonyl (C=O) groups excluding carboxylic acids is 1. The third-order valence-electron chi connectivity index (χ3n) is 3.20. The van der Waals surface area contributed by atoms with Crippen LogP contribution in [0.5, 0.6) is 0 Å². The minimum Gasteiger partial charge on any atom is -0.391 e. The number of thioether (sulfide) groups is 1. The summed E-state index contributed by atoms with van der Waals surface area (Å²) in [4.78, 5) is 12.7. The molecule has 2 N–H and O–H groups in total. The number of rotatable bonds is 7. The second kappa shape index (κ2) is 8.23. The van der Waals surface area contributed by atoms with Gasteiger partial charge in [0.05, 0.1) is 11.9 Å². The number of hydrogen-bond donors (Lipinski definition) is 2. The van der Waals surface area contributed by atoms with Gasteiger partial charge >= 0.3 is 0 Å². The molecule has 0 aliphatic rings. The summed E-state index contributed by atoms with van der Waals surface area (Å²) in [5.41, 5.74) is 1.21. The van der Waals surface area contributed by atoms with Crippen molar-refractivity contribution in [1.29, 1.82) is 0 Å². The van der Waals surface area contributed by atoms with Gasteiger partial charge in [-0.3, -0.25) is 4.79 Å². The van der Waals surface area contributed by atoms with Gasteiger partial charge < -0.3 is 10.4 Å². The Kier molecular flexibility index (Phi) is 6.95. The highest BCUT2D eigenvalue weighted by atomic mass is 32.2. The van der Waals surface area contributed by atoms with Crippen LogP contribution < -0.4 is 5.32 Å². The molecule has 0 aromatic heterocycles. The second-order valence-corrected chi connectivity index (χ2v) is 5.91. The lowest BCUT2D eigenvalue weighted by molar-refractivity contribution is -0.119. The molecule has 0 heterocycles. The predicted molar refractivity (Wildman–Crippen MR) is 80.4 cm³/mol. The number of aryl methyl sites for hydroxylation is 1. The van der Waals surface area contributed by atoms with Crippen LogP contribution in [0, 0.1) is 12.8 Å². The molecule has 0 saturated carbocycles. The van der Waals surface area contributed by atoms with Gasteiger partial charge in [0, 0.05) is 11.4 Å². The number of carbonyl (C=O) groups is 1. The van der Waals surface area contributed by atoms with E-state index < -0.39 is 6.10 Å². The first-order chi connectivity index (χ1) is 9.02. The molecule has 3 nitrogen and oxygen atoms in total. The largest absolute Gasteiger partial charge is 0.391 e. The van der Waals surface area contributed by atoms with Crippen LogP contribution >= 0.6 is 11.8 Å². The second-order valence-electron chi connectivity index (χ2n) is 4.86. The van der Waals surface area contributed by atoms with E-state index in [4.69, 9.17) is 0 Å². The van der Waals surface area contributed by atoms with Gasteiger partial charge in [-0.1, -0.05) is 38.0 Å². The summed E-state index contributed by atoms with van der Waals surface area (Å²) in [6.45, 7) is 6.39. The van der Waals surface area contributed by atoms with E-state index in [9.17, 15) is 9.90 Å². The van der Waals surface area contributed by atoms with E-state index in [1.807, 2.05) is 45.0 Å². The van der Waals surface area contributed by atoms with Crippen LogP contribution in [0.3, 0.4) is 0 Å². The van der Waals surface area contributed by atoms with Crippen molar-refractivity contribution in [1.82, 2.24) is 5.32 Å². The van der Waals surface area contributed by atoms with Crippen molar-refractivity contribution >= 4 is 17.7 Å². The minimum atomic E-state index is -0.460. The molecule has 2 unspecified atom stereocenters. The quantitative estimate of drug-likeness (QED) is 0.755. The van der Waals surface area contributed by atoms with Gasteiger partial charge in [0.2, 0.25) is 5.91 Å². The molecule has 19 heavy (non-hydrogen) atoms. The molecule has 0 radical (unpaired) electrons. The van der Waals surface area contributed by atoms with E-state index in [1.165, 1.54) is 17.3 Å². The standard InChI is InChI=1S/C15H23NO2S/c1-4-12(3)14(17)9-16-15(18)10-19-13-7-5-11(2)6-8-13/h5-8,12,14,17H,4,9-10H2,1-3H3,(H,16,18). The SMILES string of the molecule is CCC(C)C(O)CNC(=O)CSc1ccc(C)cc1. The number of aliphatic hydroxyl groups is 1. The first kappa shape index (κ1) is 16.1. The normalized spacial score (nSPS) is 13.9. The van der Waals surface area contributed by atoms with Gasteiger partial charge in [0.15, 0.2) is 0 Å². The van der Waals surface area contributed by atoms with Crippen LogP contribution in [-0.4, -0.2) is 29.4 Å². The maximum Gasteiger partial charge on any atom is 0.230 e. The zero-order valence-corrected chi connectivity index (χ0v) is 12.7. The fraction of sp³-hybridized carbons (Fsp3) is 0.533. The molecule has 1 rings (SSSR count). The van der Waals surface area contributed by atoms with E-state index >= 15 is 0 Å². The Morgan fingerprint density at radius 2 is 2.00 bits per heavy atom. The predicted octanol–water partition coefficient (Wildman–Crippen LogP) is 2.61. The number of amides is 1. The topological polar surface area (TPSA) is 49.3 Å². The van der Waals surface area contributed by atoms with Crippen molar-refractivity contribution in [2.75, 3.05) is 12.3 Å². The van der Waals surface area contributed by atoms with Crippen molar-refractivity contribution in [2.24, 2.45) is 5.92 Å². The van der Waals surface area contributed by atoms with Crippen LogP contribution in [0.25, 0.3) is 0 Å². The van der Waals surface area contributed by atoms with Gasteiger partial charge in [0.1, 0.15) is 0 Å². The lowest BCUT2D eigenvalue weighted by Crippen LogP contribution is -2.36. The summed E-state index contributed by atoms with van der Waals surface area (Å²) in [6, 6.07) is 8.10. The zero-order valence-electron chi connectivity index (χ0n) is 11.8. The highest BCUT2D eigenvalue weighted by Gasteiger charge is 2.13. The van der Waals surface area contributed by atoms with Crippen molar-refractivity contribution in [3.63, 3.8) is 0 Å². The van der Waals surface area contributed by atoms with Gasteiger partial charge in [-0.05, 0) is 25.0 Å². The maximum absolute atomic E-state index is 11.7. The van der Waals surface area contributed by atoms with Crippen LogP contribution in [-0.2, 0) is 4.79 Å². The third-order valence-corrected chi connectivity index (χ3v) is 4.21. The van der Waals surface area contributed by atoms with Gasteiger partial charge in [0.25, 0.3) is 0 Å². The molecule has 0 spiro atoms. The maximum atomic E-state index is 11.7. The van der Waals surface area contributed by atoms with Crippen molar-refractivity contribution in [2.45, 2.75) is 38.2 Å². The van der Waals surface area contributed by atoms with Crippen LogP contribution in [0.4, 0.5) is 0 Å². The molecule has 0 bridgehead atoms. The van der Waals surface area contributed by atoms with Gasteiger partial charge in [-0.25, -0.2) is 0 Å². The summed E-state index contributed by atoms with van der Waals surface area (Å²) in [5, 5.41) is 12.5. The summed E-state index contributed by atoms with van der Waals surface area (Å²) in [6.07, 6.45) is 0.452. The average Bonchev–Trinajstić information content (AvgIpc) is 2.43. The third kappa shape index (κ3) is 6.12. The zero-order chi connectivity index (χ0) is 14.3. The number of benzene rings is 1. The summed E-state index contributed by atoms with van der Waals surface area (Å²) >= 11 is 1.51. The molecule has 0 saturated heterocycles. The molecule has 106 valence electrons. The number of aliphatic hydroxyl groups excluding tert-OH is 1. The van der Waals surface area contributed by atoms with E-state index in [1.54, 1.807) is 0 Å². The smallest absolute Gasteiger partial charge is 0.230 e. The molecule has 2 atom stereocenters. The fourth-order valence-electron chi connectivity index (χ4n) is 1.53. The van der Waals surface area contributed by atoms with Crippen molar-refractivity contribution in [3.05, 3.63) is 29.8 Å². The summed E-state index contributed by atoms with van der Waals surface area (Å²) in [5.74, 6) is 0.564. The molecule has 1 aromatic carbocycles. The first-order valence-electron chi connectivity index (χ1n) is 6.67. The van der Waals surface area contributed by atoms with Crippen LogP contribution in [0.15, 0.2) is 29.2 Å². The average molecular weight is 281 g/mol. The van der Waals surface area contributed by atoms with Crippen molar-refractivity contribution in [3.8, 4) is 0 Å². The molecule has 0 aliphatic heterocycles. The summed E-state index contributed by atoms with van der Waals surface area (Å²) in [7, 11) is 0. The Balaban J connectivity index is 2.26. The van der Waals surface area contributed by atoms with Crippen molar-refractivity contribution < 1.29 is 9.90 Å². The molecule has 4 heteroatoms. The van der Waals surface area contributed by atoms with E-state index in [-0.39, 0.29) is 11.8 Å². The number of nitrogens with one attached hydrogen (secondary N) is 1.